The van der Waals surface area contributed by atoms with E-state index in [1.165, 1.54) is 24.9 Å². The van der Waals surface area contributed by atoms with Gasteiger partial charge in [-0.05, 0) is 67.8 Å². The molecule has 0 saturated carbocycles. The summed E-state index contributed by atoms with van der Waals surface area (Å²) in [5, 5.41) is 9.50. The topological polar surface area (TPSA) is 59.0 Å². The van der Waals surface area contributed by atoms with Crippen LogP contribution in [0.25, 0.3) is 0 Å². The third kappa shape index (κ3) is 4.92. The van der Waals surface area contributed by atoms with Gasteiger partial charge in [0.15, 0.2) is 0 Å². The number of hydrogen-bond acceptors (Lipinski definition) is 4. The molecule has 1 N–H and O–H groups in total. The summed E-state index contributed by atoms with van der Waals surface area (Å²) in [6.45, 7) is 2.23. The summed E-state index contributed by atoms with van der Waals surface area (Å²) in [6.07, 6.45) is 2.76. The minimum atomic E-state index is -1.06. The van der Waals surface area contributed by atoms with Crippen LogP contribution in [0.15, 0.2) is 78.9 Å². The van der Waals surface area contributed by atoms with Gasteiger partial charge in [-0.25, -0.2) is 4.79 Å². The van der Waals surface area contributed by atoms with Gasteiger partial charge in [-0.2, -0.15) is 0 Å². The SMILES string of the molecule is O=C(O)C(Oc1ccc(Oc2ccc(N3CCCCC3)cc2)cc1)c1ccccc1. The number of piperidine rings is 1. The number of nitrogens with zero attached hydrogens (tertiary/aromatic N) is 1. The first-order valence-corrected chi connectivity index (χ1v) is 10.3. The molecular formula is C25H25NO4. The highest BCUT2D eigenvalue weighted by atomic mass is 16.5. The zero-order valence-electron chi connectivity index (χ0n) is 16.7. The van der Waals surface area contributed by atoms with Crippen LogP contribution in [0.1, 0.15) is 30.9 Å². The Bertz CT molecular complexity index is 949. The summed E-state index contributed by atoms with van der Waals surface area (Å²) in [7, 11) is 0. The van der Waals surface area contributed by atoms with E-state index < -0.39 is 12.1 Å². The van der Waals surface area contributed by atoms with Gasteiger partial charge < -0.3 is 19.5 Å². The Morgan fingerprint density at radius 1 is 0.767 bits per heavy atom. The molecule has 1 heterocycles. The van der Waals surface area contributed by atoms with E-state index in [-0.39, 0.29) is 0 Å². The summed E-state index contributed by atoms with van der Waals surface area (Å²) < 4.78 is 11.6. The summed E-state index contributed by atoms with van der Waals surface area (Å²) in [6, 6.07) is 24.0. The molecule has 4 rings (SSSR count). The Kier molecular flexibility index (Phi) is 6.18. The van der Waals surface area contributed by atoms with Crippen molar-refractivity contribution in [3.63, 3.8) is 0 Å². The van der Waals surface area contributed by atoms with Crippen LogP contribution in [0.2, 0.25) is 0 Å². The molecule has 0 amide bonds. The molecule has 30 heavy (non-hydrogen) atoms. The van der Waals surface area contributed by atoms with Crippen molar-refractivity contribution in [2.75, 3.05) is 18.0 Å². The van der Waals surface area contributed by atoms with Gasteiger partial charge in [0.2, 0.25) is 6.10 Å². The lowest BCUT2D eigenvalue weighted by molar-refractivity contribution is -0.145. The normalized spacial score (nSPS) is 14.7. The number of benzene rings is 3. The maximum Gasteiger partial charge on any atom is 0.349 e. The average Bonchev–Trinajstić information content (AvgIpc) is 2.80. The quantitative estimate of drug-likeness (QED) is 0.550. The van der Waals surface area contributed by atoms with Gasteiger partial charge in [0, 0.05) is 24.3 Å². The van der Waals surface area contributed by atoms with Crippen LogP contribution in [0, 0.1) is 0 Å². The third-order valence-corrected chi connectivity index (χ3v) is 5.20. The number of ether oxygens (including phenoxy) is 2. The molecule has 0 spiro atoms. The number of carboxylic acids is 1. The van der Waals surface area contributed by atoms with Crippen LogP contribution in [0.3, 0.4) is 0 Å². The molecular weight excluding hydrogens is 378 g/mol. The van der Waals surface area contributed by atoms with Crippen molar-refractivity contribution in [1.82, 2.24) is 0 Å². The fourth-order valence-electron chi connectivity index (χ4n) is 3.62. The van der Waals surface area contributed by atoms with Crippen LogP contribution in [-0.2, 0) is 4.79 Å². The summed E-state index contributed by atoms with van der Waals surface area (Å²) in [4.78, 5) is 14.0. The van der Waals surface area contributed by atoms with E-state index in [1.807, 2.05) is 18.2 Å². The highest BCUT2D eigenvalue weighted by molar-refractivity contribution is 5.74. The Morgan fingerprint density at radius 2 is 1.33 bits per heavy atom. The molecule has 3 aromatic rings. The first kappa shape index (κ1) is 19.8. The van der Waals surface area contributed by atoms with E-state index >= 15 is 0 Å². The molecule has 154 valence electrons. The average molecular weight is 403 g/mol. The summed E-state index contributed by atoms with van der Waals surface area (Å²) >= 11 is 0. The lowest BCUT2D eigenvalue weighted by Gasteiger charge is -2.28. The van der Waals surface area contributed by atoms with Crippen molar-refractivity contribution in [2.45, 2.75) is 25.4 Å². The second-order valence-electron chi connectivity index (χ2n) is 7.36. The van der Waals surface area contributed by atoms with Gasteiger partial charge in [-0.15, -0.1) is 0 Å². The Morgan fingerprint density at radius 3 is 1.93 bits per heavy atom. The molecule has 5 heteroatoms. The third-order valence-electron chi connectivity index (χ3n) is 5.20. The summed E-state index contributed by atoms with van der Waals surface area (Å²) in [5.41, 5.74) is 1.82. The molecule has 1 fully saturated rings. The molecule has 0 aliphatic carbocycles. The first-order chi connectivity index (χ1) is 14.7. The molecule has 5 nitrogen and oxygen atoms in total. The van der Waals surface area contributed by atoms with Crippen LogP contribution in [-0.4, -0.2) is 24.2 Å². The van der Waals surface area contributed by atoms with E-state index in [2.05, 4.69) is 17.0 Å². The van der Waals surface area contributed by atoms with E-state index in [0.717, 1.165) is 18.8 Å². The van der Waals surface area contributed by atoms with Crippen LogP contribution in [0.4, 0.5) is 5.69 Å². The fraction of sp³-hybridized carbons (Fsp3) is 0.240. The van der Waals surface area contributed by atoms with Crippen molar-refractivity contribution in [3.05, 3.63) is 84.4 Å². The molecule has 1 aliphatic heterocycles. The van der Waals surface area contributed by atoms with E-state index in [4.69, 9.17) is 9.47 Å². The van der Waals surface area contributed by atoms with Crippen molar-refractivity contribution >= 4 is 11.7 Å². The first-order valence-electron chi connectivity index (χ1n) is 10.3. The maximum absolute atomic E-state index is 11.6. The minimum absolute atomic E-state index is 0.471. The largest absolute Gasteiger partial charge is 0.478 e. The van der Waals surface area contributed by atoms with Crippen LogP contribution in [0.5, 0.6) is 17.2 Å². The molecule has 0 bridgehead atoms. The number of hydrogen-bond donors (Lipinski definition) is 1. The van der Waals surface area contributed by atoms with Crippen molar-refractivity contribution in [3.8, 4) is 17.2 Å². The second kappa shape index (κ2) is 9.35. The van der Waals surface area contributed by atoms with Gasteiger partial charge in [0.05, 0.1) is 0 Å². The maximum atomic E-state index is 11.6. The molecule has 0 aromatic heterocycles. The van der Waals surface area contributed by atoms with Crippen LogP contribution >= 0.6 is 0 Å². The number of carboxylic acid groups (broad SMARTS) is 1. The van der Waals surface area contributed by atoms with Gasteiger partial charge in [-0.3, -0.25) is 0 Å². The Labute approximate surface area is 176 Å². The van der Waals surface area contributed by atoms with Gasteiger partial charge >= 0.3 is 5.97 Å². The Balaban J connectivity index is 1.39. The predicted molar refractivity (Wildman–Crippen MR) is 116 cm³/mol. The summed E-state index contributed by atoms with van der Waals surface area (Å²) in [5.74, 6) is 0.867. The monoisotopic (exact) mass is 403 g/mol. The van der Waals surface area contributed by atoms with Gasteiger partial charge in [-0.1, -0.05) is 30.3 Å². The van der Waals surface area contributed by atoms with Crippen molar-refractivity contribution in [1.29, 1.82) is 0 Å². The minimum Gasteiger partial charge on any atom is -0.478 e. The zero-order valence-corrected chi connectivity index (χ0v) is 16.7. The number of aliphatic carboxylic acids is 1. The molecule has 3 aromatic carbocycles. The lowest BCUT2D eigenvalue weighted by atomic mass is 10.1. The standard InChI is InChI=1S/C25H25NO4/c27-25(28)24(19-7-3-1-4-8-19)30-23-15-13-22(14-16-23)29-21-11-9-20(10-12-21)26-17-5-2-6-18-26/h1,3-4,7-16,24H,2,5-6,17-18H2,(H,27,28). The van der Waals surface area contributed by atoms with Crippen molar-refractivity contribution < 1.29 is 19.4 Å². The highest BCUT2D eigenvalue weighted by Crippen LogP contribution is 2.29. The zero-order chi connectivity index (χ0) is 20.8. The fourth-order valence-corrected chi connectivity index (χ4v) is 3.62. The number of carbonyl (C=O) groups is 1. The van der Waals surface area contributed by atoms with Crippen molar-refractivity contribution in [2.24, 2.45) is 0 Å². The molecule has 0 radical (unpaired) electrons. The molecule has 1 saturated heterocycles. The Hall–Kier alpha value is -3.47. The highest BCUT2D eigenvalue weighted by Gasteiger charge is 2.21. The predicted octanol–water partition coefficient (Wildman–Crippen LogP) is 5.67. The number of rotatable bonds is 7. The molecule has 1 atom stereocenters. The molecule has 1 aliphatic rings. The molecule has 1 unspecified atom stereocenters. The van der Waals surface area contributed by atoms with Gasteiger partial charge in [0.25, 0.3) is 0 Å². The van der Waals surface area contributed by atoms with E-state index in [0.29, 0.717) is 17.1 Å². The second-order valence-corrected chi connectivity index (χ2v) is 7.36. The number of anilines is 1. The lowest BCUT2D eigenvalue weighted by Crippen LogP contribution is -2.29. The van der Waals surface area contributed by atoms with E-state index in [1.54, 1.807) is 48.5 Å². The van der Waals surface area contributed by atoms with E-state index in [9.17, 15) is 9.90 Å². The smallest absolute Gasteiger partial charge is 0.349 e. The van der Waals surface area contributed by atoms with Gasteiger partial charge in [0.1, 0.15) is 17.2 Å². The van der Waals surface area contributed by atoms with Crippen LogP contribution < -0.4 is 14.4 Å².